The molecule has 1 unspecified atom stereocenters. The fraction of sp³-hybridized carbons (Fsp3) is 0.625. The van der Waals surface area contributed by atoms with Crippen LogP contribution in [0.3, 0.4) is 0 Å². The molecule has 0 amide bonds. The van der Waals surface area contributed by atoms with Gasteiger partial charge in [-0.25, -0.2) is 0 Å². The van der Waals surface area contributed by atoms with E-state index in [1.165, 1.54) is 18.5 Å². The minimum Gasteiger partial charge on any atom is -0.376 e. The molecule has 0 radical (unpaired) electrons. The lowest BCUT2D eigenvalue weighted by Gasteiger charge is -2.34. The molecule has 20 heavy (non-hydrogen) atoms. The molecule has 2 atom stereocenters. The van der Waals surface area contributed by atoms with Crippen molar-refractivity contribution in [3.63, 3.8) is 0 Å². The number of hydrogen-bond acceptors (Lipinski definition) is 3. The monoisotopic (exact) mass is 340 g/mol. The summed E-state index contributed by atoms with van der Waals surface area (Å²) in [6.45, 7) is 7.13. The molecule has 0 aliphatic carbocycles. The zero-order valence-corrected chi connectivity index (χ0v) is 14.0. The molecule has 112 valence electrons. The zero-order chi connectivity index (χ0) is 14.5. The molecule has 0 bridgehead atoms. The maximum atomic E-state index is 5.96. The van der Waals surface area contributed by atoms with Crippen LogP contribution in [-0.4, -0.2) is 25.8 Å². The van der Waals surface area contributed by atoms with Gasteiger partial charge in [0.25, 0.3) is 0 Å². The number of benzene rings is 1. The van der Waals surface area contributed by atoms with Crippen LogP contribution in [0.2, 0.25) is 0 Å². The summed E-state index contributed by atoms with van der Waals surface area (Å²) in [7, 11) is 0. The van der Waals surface area contributed by atoms with Crippen molar-refractivity contribution in [1.29, 1.82) is 0 Å². The molecule has 0 saturated carbocycles. The van der Waals surface area contributed by atoms with E-state index in [9.17, 15) is 0 Å². The molecule has 2 N–H and O–H groups in total. The summed E-state index contributed by atoms with van der Waals surface area (Å²) in [6.07, 6.45) is 3.83. The molecule has 2 rings (SSSR count). The van der Waals surface area contributed by atoms with Gasteiger partial charge in [-0.05, 0) is 43.9 Å². The van der Waals surface area contributed by atoms with Crippen molar-refractivity contribution in [2.75, 3.05) is 24.6 Å². The second-order valence-electron chi connectivity index (χ2n) is 5.58. The molecule has 1 heterocycles. The largest absolute Gasteiger partial charge is 0.376 e. The fourth-order valence-electron chi connectivity index (χ4n) is 2.68. The van der Waals surface area contributed by atoms with Crippen LogP contribution in [-0.2, 0) is 4.74 Å². The van der Waals surface area contributed by atoms with Gasteiger partial charge in [0, 0.05) is 35.9 Å². The van der Waals surface area contributed by atoms with E-state index in [0.717, 1.165) is 36.2 Å². The highest BCUT2D eigenvalue weighted by Crippen LogP contribution is 2.29. The van der Waals surface area contributed by atoms with E-state index in [4.69, 9.17) is 10.5 Å². The highest BCUT2D eigenvalue weighted by atomic mass is 79.9. The lowest BCUT2D eigenvalue weighted by molar-refractivity contribution is 0.0440. The first-order chi connectivity index (χ1) is 9.61. The molecule has 1 saturated heterocycles. The summed E-state index contributed by atoms with van der Waals surface area (Å²) >= 11 is 3.63. The predicted molar refractivity (Wildman–Crippen MR) is 88.2 cm³/mol. The van der Waals surface area contributed by atoms with Gasteiger partial charge in [0.1, 0.15) is 0 Å². The van der Waals surface area contributed by atoms with Crippen LogP contribution in [0.1, 0.15) is 44.7 Å². The van der Waals surface area contributed by atoms with Crippen molar-refractivity contribution >= 4 is 21.6 Å². The highest BCUT2D eigenvalue weighted by molar-refractivity contribution is 9.10. The van der Waals surface area contributed by atoms with Gasteiger partial charge in [-0.3, -0.25) is 0 Å². The average molecular weight is 341 g/mol. The van der Waals surface area contributed by atoms with Crippen LogP contribution in [0.25, 0.3) is 0 Å². The number of piperidine rings is 1. The van der Waals surface area contributed by atoms with Crippen molar-refractivity contribution in [2.45, 2.75) is 45.3 Å². The van der Waals surface area contributed by atoms with Crippen LogP contribution in [0, 0.1) is 0 Å². The maximum absolute atomic E-state index is 5.96. The molecule has 3 nitrogen and oxygen atoms in total. The number of nitrogens with two attached hydrogens (primary N) is 1. The van der Waals surface area contributed by atoms with E-state index in [1.807, 2.05) is 6.92 Å². The summed E-state index contributed by atoms with van der Waals surface area (Å²) in [5.41, 5.74) is 8.37. The number of rotatable bonds is 5. The Hall–Kier alpha value is -0.580. The third-order valence-corrected chi connectivity index (χ3v) is 4.46. The Bertz CT molecular complexity index is 436. The Balaban J connectivity index is 2.05. The minimum absolute atomic E-state index is 0.0559. The van der Waals surface area contributed by atoms with Gasteiger partial charge in [-0.1, -0.05) is 28.9 Å². The van der Waals surface area contributed by atoms with Gasteiger partial charge in [-0.2, -0.15) is 0 Å². The molecule has 1 aromatic carbocycles. The number of hydrogen-bond donors (Lipinski definition) is 1. The van der Waals surface area contributed by atoms with Crippen LogP contribution in [0.5, 0.6) is 0 Å². The summed E-state index contributed by atoms with van der Waals surface area (Å²) in [4.78, 5) is 2.42. The summed E-state index contributed by atoms with van der Waals surface area (Å²) < 4.78 is 7.00. The number of halogens is 1. The van der Waals surface area contributed by atoms with E-state index >= 15 is 0 Å². The molecule has 0 aromatic heterocycles. The predicted octanol–water partition coefficient (Wildman–Crippen LogP) is 3.86. The summed E-state index contributed by atoms with van der Waals surface area (Å²) in [5, 5.41) is 0. The number of nitrogens with zero attached hydrogens (tertiary/aromatic N) is 1. The highest BCUT2D eigenvalue weighted by Gasteiger charge is 2.21. The topological polar surface area (TPSA) is 38.5 Å². The third-order valence-electron chi connectivity index (χ3n) is 3.78. The van der Waals surface area contributed by atoms with E-state index in [-0.39, 0.29) is 6.04 Å². The van der Waals surface area contributed by atoms with E-state index in [2.05, 4.69) is 46.0 Å². The second kappa shape index (κ2) is 7.43. The molecule has 4 heteroatoms. The van der Waals surface area contributed by atoms with Crippen molar-refractivity contribution < 1.29 is 4.74 Å². The molecular weight excluding hydrogens is 316 g/mol. The van der Waals surface area contributed by atoms with Crippen molar-refractivity contribution in [2.24, 2.45) is 5.73 Å². The maximum Gasteiger partial charge on any atom is 0.0750 e. The SMILES string of the molecule is CCCOC1CCCN(c2ccc([C@H](C)N)c(Br)c2)C1. The van der Waals surface area contributed by atoms with E-state index < -0.39 is 0 Å². The standard InChI is InChI=1S/C16H25BrN2O/c1-3-9-20-14-5-4-8-19(11-14)13-6-7-15(12(2)18)16(17)10-13/h6-7,10,12,14H,3-5,8-9,11,18H2,1-2H3/t12-,14?/m0/s1. The van der Waals surface area contributed by atoms with Gasteiger partial charge in [0.05, 0.1) is 6.10 Å². The Labute approximate surface area is 130 Å². The van der Waals surface area contributed by atoms with Crippen molar-refractivity contribution in [3.8, 4) is 0 Å². The Morgan fingerprint density at radius 1 is 1.50 bits per heavy atom. The molecule has 1 aliphatic rings. The van der Waals surface area contributed by atoms with Crippen molar-refractivity contribution in [1.82, 2.24) is 0 Å². The van der Waals surface area contributed by atoms with Gasteiger partial charge >= 0.3 is 0 Å². The summed E-state index contributed by atoms with van der Waals surface area (Å²) in [6, 6.07) is 6.54. The fourth-order valence-corrected chi connectivity index (χ4v) is 3.40. The molecule has 1 aliphatic heterocycles. The van der Waals surface area contributed by atoms with Gasteiger partial charge in [0.15, 0.2) is 0 Å². The van der Waals surface area contributed by atoms with E-state index in [1.54, 1.807) is 0 Å². The molecular formula is C16H25BrN2O. The normalized spacial score (nSPS) is 21.0. The lowest BCUT2D eigenvalue weighted by Crippen LogP contribution is -2.39. The lowest BCUT2D eigenvalue weighted by atomic mass is 10.1. The Kier molecular flexibility index (Phi) is 5.87. The number of ether oxygens (including phenoxy) is 1. The molecule has 0 spiro atoms. The van der Waals surface area contributed by atoms with Crippen LogP contribution < -0.4 is 10.6 Å². The van der Waals surface area contributed by atoms with E-state index in [0.29, 0.717) is 6.10 Å². The van der Waals surface area contributed by atoms with Crippen molar-refractivity contribution in [3.05, 3.63) is 28.2 Å². The quantitative estimate of drug-likeness (QED) is 0.884. The van der Waals surface area contributed by atoms with Crippen LogP contribution in [0.15, 0.2) is 22.7 Å². The molecule has 1 aromatic rings. The third kappa shape index (κ3) is 3.96. The first-order valence-corrected chi connectivity index (χ1v) is 8.32. The first-order valence-electron chi connectivity index (χ1n) is 7.53. The van der Waals surface area contributed by atoms with Gasteiger partial charge < -0.3 is 15.4 Å². The molecule has 1 fully saturated rings. The van der Waals surface area contributed by atoms with Crippen LogP contribution in [0.4, 0.5) is 5.69 Å². The smallest absolute Gasteiger partial charge is 0.0750 e. The zero-order valence-electron chi connectivity index (χ0n) is 12.4. The van der Waals surface area contributed by atoms with Gasteiger partial charge in [-0.15, -0.1) is 0 Å². The number of anilines is 1. The Morgan fingerprint density at radius 3 is 2.95 bits per heavy atom. The Morgan fingerprint density at radius 2 is 2.30 bits per heavy atom. The average Bonchev–Trinajstić information content (AvgIpc) is 2.45. The summed E-state index contributed by atoms with van der Waals surface area (Å²) in [5.74, 6) is 0. The first kappa shape index (κ1) is 15.8. The minimum atomic E-state index is 0.0559. The second-order valence-corrected chi connectivity index (χ2v) is 6.43. The van der Waals surface area contributed by atoms with Gasteiger partial charge in [0.2, 0.25) is 0 Å². The van der Waals surface area contributed by atoms with Crippen LogP contribution >= 0.6 is 15.9 Å².